The van der Waals surface area contributed by atoms with Crippen LogP contribution in [-0.2, 0) is 11.2 Å². The lowest BCUT2D eigenvalue weighted by Gasteiger charge is -2.31. The lowest BCUT2D eigenvalue weighted by Crippen LogP contribution is -2.40. The van der Waals surface area contributed by atoms with E-state index in [9.17, 15) is 0 Å². The molecule has 1 aliphatic rings. The van der Waals surface area contributed by atoms with Crippen LogP contribution in [0.1, 0.15) is 44.1 Å². The summed E-state index contributed by atoms with van der Waals surface area (Å²) in [6.45, 7) is 1.40. The summed E-state index contributed by atoms with van der Waals surface area (Å²) < 4.78 is 11.4. The van der Waals surface area contributed by atoms with Gasteiger partial charge in [-0.15, -0.1) is 0 Å². The van der Waals surface area contributed by atoms with Crippen molar-refractivity contribution in [1.82, 2.24) is 0 Å². The van der Waals surface area contributed by atoms with Crippen LogP contribution in [-0.4, -0.2) is 25.9 Å². The van der Waals surface area contributed by atoms with Gasteiger partial charge in [0, 0.05) is 6.54 Å². The number of benzene rings is 1. The van der Waals surface area contributed by atoms with Gasteiger partial charge >= 0.3 is 0 Å². The Hall–Kier alpha value is -1.06. The Bertz CT molecular complexity index is 380. The van der Waals surface area contributed by atoms with Crippen molar-refractivity contribution < 1.29 is 9.47 Å². The molecule has 0 unspecified atom stereocenters. The highest BCUT2D eigenvalue weighted by molar-refractivity contribution is 5.27. The minimum Gasteiger partial charge on any atom is -0.497 e. The van der Waals surface area contributed by atoms with E-state index in [1.807, 2.05) is 12.1 Å². The summed E-state index contributed by atoms with van der Waals surface area (Å²) in [5.41, 5.74) is 7.20. The maximum atomic E-state index is 6.20. The Morgan fingerprint density at radius 2 is 1.70 bits per heavy atom. The summed E-state index contributed by atoms with van der Waals surface area (Å²) in [4.78, 5) is 0. The molecule has 0 aromatic heterocycles. The first-order valence-electron chi connectivity index (χ1n) is 7.75. The first-order valence-corrected chi connectivity index (χ1v) is 7.75. The van der Waals surface area contributed by atoms with Gasteiger partial charge < -0.3 is 15.2 Å². The predicted molar refractivity (Wildman–Crippen MR) is 82.1 cm³/mol. The van der Waals surface area contributed by atoms with Gasteiger partial charge in [0.05, 0.1) is 19.3 Å². The SMILES string of the molecule is COc1ccc(CCOC2(CN)CCCCCC2)cc1. The van der Waals surface area contributed by atoms with Crippen molar-refractivity contribution in [3.63, 3.8) is 0 Å². The van der Waals surface area contributed by atoms with Crippen LogP contribution >= 0.6 is 0 Å². The molecule has 2 rings (SSSR count). The molecule has 0 radical (unpaired) electrons. The number of hydrogen-bond acceptors (Lipinski definition) is 3. The lowest BCUT2D eigenvalue weighted by molar-refractivity contribution is -0.0479. The molecule has 2 N–H and O–H groups in total. The van der Waals surface area contributed by atoms with Gasteiger partial charge in [-0.05, 0) is 37.0 Å². The van der Waals surface area contributed by atoms with E-state index in [-0.39, 0.29) is 5.60 Å². The zero-order chi connectivity index (χ0) is 14.3. The van der Waals surface area contributed by atoms with Crippen LogP contribution < -0.4 is 10.5 Å². The average molecular weight is 277 g/mol. The molecule has 0 aliphatic heterocycles. The molecule has 1 aliphatic carbocycles. The highest BCUT2D eigenvalue weighted by atomic mass is 16.5. The van der Waals surface area contributed by atoms with E-state index in [4.69, 9.17) is 15.2 Å². The summed E-state index contributed by atoms with van der Waals surface area (Å²) in [5.74, 6) is 0.900. The number of ether oxygens (including phenoxy) is 2. The van der Waals surface area contributed by atoms with E-state index in [2.05, 4.69) is 12.1 Å². The van der Waals surface area contributed by atoms with Gasteiger partial charge in [0.1, 0.15) is 5.75 Å². The molecule has 112 valence electrons. The second kappa shape index (κ2) is 7.65. The van der Waals surface area contributed by atoms with Gasteiger partial charge in [0.25, 0.3) is 0 Å². The van der Waals surface area contributed by atoms with Gasteiger partial charge in [-0.2, -0.15) is 0 Å². The summed E-state index contributed by atoms with van der Waals surface area (Å²) in [7, 11) is 1.69. The molecule has 0 heterocycles. The molecule has 0 saturated heterocycles. The van der Waals surface area contributed by atoms with Crippen molar-refractivity contribution in [3.05, 3.63) is 29.8 Å². The summed E-state index contributed by atoms with van der Waals surface area (Å²) in [6, 6.07) is 8.20. The van der Waals surface area contributed by atoms with Crippen LogP contribution in [0, 0.1) is 0 Å². The third-order valence-electron chi connectivity index (χ3n) is 4.34. The molecular formula is C17H27NO2. The topological polar surface area (TPSA) is 44.5 Å². The average Bonchev–Trinajstić information content (AvgIpc) is 2.74. The maximum absolute atomic E-state index is 6.20. The zero-order valence-electron chi connectivity index (χ0n) is 12.6. The Morgan fingerprint density at radius 3 is 2.25 bits per heavy atom. The van der Waals surface area contributed by atoms with Crippen molar-refractivity contribution in [2.75, 3.05) is 20.3 Å². The fraction of sp³-hybridized carbons (Fsp3) is 0.647. The Labute approximate surface area is 122 Å². The summed E-state index contributed by atoms with van der Waals surface area (Å²) >= 11 is 0. The van der Waals surface area contributed by atoms with Gasteiger partial charge in [0.15, 0.2) is 0 Å². The highest BCUT2D eigenvalue weighted by Gasteiger charge is 2.30. The molecule has 1 aromatic rings. The number of nitrogens with two attached hydrogens (primary N) is 1. The summed E-state index contributed by atoms with van der Waals surface area (Å²) in [6.07, 6.45) is 8.32. The number of hydrogen-bond donors (Lipinski definition) is 1. The monoisotopic (exact) mass is 277 g/mol. The van der Waals surface area contributed by atoms with Crippen LogP contribution in [0.3, 0.4) is 0 Å². The molecule has 1 fully saturated rings. The van der Waals surface area contributed by atoms with Gasteiger partial charge in [-0.1, -0.05) is 37.8 Å². The first kappa shape index (κ1) is 15.3. The van der Waals surface area contributed by atoms with Gasteiger partial charge in [-0.3, -0.25) is 0 Å². The molecular weight excluding hydrogens is 250 g/mol. The Kier molecular flexibility index (Phi) is 5.86. The molecule has 1 aromatic carbocycles. The van der Waals surface area contributed by atoms with Gasteiger partial charge in [-0.25, -0.2) is 0 Å². The molecule has 0 atom stereocenters. The van der Waals surface area contributed by atoms with Crippen LogP contribution in [0.25, 0.3) is 0 Å². The van der Waals surface area contributed by atoms with E-state index in [1.54, 1.807) is 7.11 Å². The van der Waals surface area contributed by atoms with Crippen LogP contribution in [0.4, 0.5) is 0 Å². The normalized spacial score (nSPS) is 18.5. The molecule has 0 bridgehead atoms. The predicted octanol–water partition coefficient (Wildman–Crippen LogP) is 3.31. The third kappa shape index (κ3) is 4.22. The van der Waals surface area contributed by atoms with Crippen molar-refractivity contribution >= 4 is 0 Å². The number of rotatable bonds is 6. The number of methoxy groups -OCH3 is 1. The maximum Gasteiger partial charge on any atom is 0.118 e. The van der Waals surface area contributed by atoms with Crippen LogP contribution in [0.15, 0.2) is 24.3 Å². The molecule has 0 amide bonds. The molecule has 3 nitrogen and oxygen atoms in total. The van der Waals surface area contributed by atoms with E-state index >= 15 is 0 Å². The first-order chi connectivity index (χ1) is 9.78. The lowest BCUT2D eigenvalue weighted by atomic mass is 9.94. The largest absolute Gasteiger partial charge is 0.497 e. The van der Waals surface area contributed by atoms with E-state index < -0.39 is 0 Å². The second-order valence-corrected chi connectivity index (χ2v) is 5.75. The zero-order valence-corrected chi connectivity index (χ0v) is 12.6. The van der Waals surface area contributed by atoms with E-state index in [0.29, 0.717) is 6.54 Å². The van der Waals surface area contributed by atoms with Crippen molar-refractivity contribution in [1.29, 1.82) is 0 Å². The van der Waals surface area contributed by atoms with Gasteiger partial charge in [0.2, 0.25) is 0 Å². The molecule has 20 heavy (non-hydrogen) atoms. The molecule has 3 heteroatoms. The third-order valence-corrected chi connectivity index (χ3v) is 4.34. The molecule has 0 spiro atoms. The van der Waals surface area contributed by atoms with Crippen molar-refractivity contribution in [3.8, 4) is 5.75 Å². The fourth-order valence-corrected chi connectivity index (χ4v) is 2.96. The van der Waals surface area contributed by atoms with Crippen LogP contribution in [0.5, 0.6) is 5.75 Å². The van der Waals surface area contributed by atoms with Crippen molar-refractivity contribution in [2.45, 2.75) is 50.5 Å². The fourth-order valence-electron chi connectivity index (χ4n) is 2.96. The Morgan fingerprint density at radius 1 is 1.05 bits per heavy atom. The van der Waals surface area contributed by atoms with E-state index in [1.165, 1.54) is 31.2 Å². The highest BCUT2D eigenvalue weighted by Crippen LogP contribution is 2.29. The standard InChI is InChI=1S/C17H27NO2/c1-19-16-8-6-15(7-9-16)10-13-20-17(14-18)11-4-2-3-5-12-17/h6-9H,2-5,10-14,18H2,1H3. The smallest absolute Gasteiger partial charge is 0.118 e. The minimum absolute atomic E-state index is 0.0665. The minimum atomic E-state index is -0.0665. The Balaban J connectivity index is 1.83. The summed E-state index contributed by atoms with van der Waals surface area (Å²) in [5, 5.41) is 0. The molecule has 1 saturated carbocycles. The van der Waals surface area contributed by atoms with Crippen LogP contribution in [0.2, 0.25) is 0 Å². The quantitative estimate of drug-likeness (QED) is 0.811. The second-order valence-electron chi connectivity index (χ2n) is 5.75. The van der Waals surface area contributed by atoms with Crippen molar-refractivity contribution in [2.24, 2.45) is 5.73 Å². The van der Waals surface area contributed by atoms with E-state index in [0.717, 1.165) is 31.6 Å².